The quantitative estimate of drug-likeness (QED) is 0.917. The molecule has 0 spiro atoms. The molecule has 1 amide bonds. The first-order valence-corrected chi connectivity index (χ1v) is 5.86. The zero-order valence-corrected chi connectivity index (χ0v) is 10.3. The Morgan fingerprint density at radius 1 is 1.44 bits per heavy atom. The number of hydrogen-bond donors (Lipinski definition) is 1. The predicted octanol–water partition coefficient (Wildman–Crippen LogP) is 2.28. The van der Waals surface area contributed by atoms with Crippen molar-refractivity contribution in [2.24, 2.45) is 0 Å². The van der Waals surface area contributed by atoms with Crippen LogP contribution in [0.25, 0.3) is 0 Å². The van der Waals surface area contributed by atoms with Gasteiger partial charge in [-0.15, -0.1) is 0 Å². The minimum absolute atomic E-state index is 0.267. The standard InChI is InChI=1S/C12H9N3O2S/c1-17-9-4-2-8(3-5-9)11(16)15-12-14-7-10(6-13)18-12/h2-5,7H,1H3,(H,14,15,16). The molecule has 5 nitrogen and oxygen atoms in total. The number of methoxy groups -OCH3 is 1. The Bertz CT molecular complexity index is 599. The van der Waals surface area contributed by atoms with E-state index in [1.54, 1.807) is 31.4 Å². The second-order valence-electron chi connectivity index (χ2n) is 3.32. The lowest BCUT2D eigenvalue weighted by Gasteiger charge is -2.03. The number of nitriles is 1. The summed E-state index contributed by atoms with van der Waals surface area (Å²) in [6.45, 7) is 0. The molecule has 18 heavy (non-hydrogen) atoms. The van der Waals surface area contributed by atoms with Gasteiger partial charge in [-0.2, -0.15) is 5.26 Å². The number of nitrogens with zero attached hydrogens (tertiary/aromatic N) is 2. The van der Waals surface area contributed by atoms with Crippen LogP contribution in [-0.4, -0.2) is 18.0 Å². The van der Waals surface area contributed by atoms with Crippen LogP contribution in [0.5, 0.6) is 5.75 Å². The molecule has 0 aliphatic carbocycles. The molecule has 1 aromatic heterocycles. The molecule has 0 unspecified atom stereocenters. The Labute approximate surface area is 108 Å². The van der Waals surface area contributed by atoms with E-state index < -0.39 is 0 Å². The lowest BCUT2D eigenvalue weighted by Crippen LogP contribution is -2.11. The van der Waals surface area contributed by atoms with E-state index in [1.165, 1.54) is 6.20 Å². The molecular formula is C12H9N3O2S. The Balaban J connectivity index is 2.09. The number of nitrogens with one attached hydrogen (secondary N) is 1. The fourth-order valence-corrected chi connectivity index (χ4v) is 1.90. The smallest absolute Gasteiger partial charge is 0.257 e. The first-order valence-electron chi connectivity index (χ1n) is 5.04. The number of carbonyl (C=O) groups is 1. The van der Waals surface area contributed by atoms with Gasteiger partial charge in [-0.3, -0.25) is 10.1 Å². The average molecular weight is 259 g/mol. The first-order chi connectivity index (χ1) is 8.72. The van der Waals surface area contributed by atoms with Crippen LogP contribution in [0.4, 0.5) is 5.13 Å². The Morgan fingerprint density at radius 3 is 2.72 bits per heavy atom. The van der Waals surface area contributed by atoms with Crippen LogP contribution in [0.15, 0.2) is 30.5 Å². The van der Waals surface area contributed by atoms with Gasteiger partial charge in [0.05, 0.1) is 13.3 Å². The van der Waals surface area contributed by atoms with Gasteiger partial charge in [0.15, 0.2) is 5.13 Å². The molecule has 1 N–H and O–H groups in total. The van der Waals surface area contributed by atoms with Gasteiger partial charge in [-0.1, -0.05) is 11.3 Å². The molecule has 0 aliphatic heterocycles. The van der Waals surface area contributed by atoms with E-state index in [0.717, 1.165) is 11.3 Å². The molecular weight excluding hydrogens is 250 g/mol. The highest BCUT2D eigenvalue weighted by Crippen LogP contribution is 2.18. The highest BCUT2D eigenvalue weighted by molar-refractivity contribution is 7.16. The fraction of sp³-hybridized carbons (Fsp3) is 0.0833. The molecule has 6 heteroatoms. The van der Waals surface area contributed by atoms with E-state index in [1.807, 2.05) is 6.07 Å². The second kappa shape index (κ2) is 5.29. The number of ether oxygens (including phenoxy) is 1. The molecule has 0 bridgehead atoms. The fourth-order valence-electron chi connectivity index (χ4n) is 1.30. The third-order valence-corrected chi connectivity index (χ3v) is 3.01. The summed E-state index contributed by atoms with van der Waals surface area (Å²) in [5.74, 6) is 0.420. The van der Waals surface area contributed by atoms with Crippen molar-refractivity contribution in [2.75, 3.05) is 12.4 Å². The van der Waals surface area contributed by atoms with E-state index in [4.69, 9.17) is 10.00 Å². The molecule has 0 radical (unpaired) electrons. The van der Waals surface area contributed by atoms with E-state index in [9.17, 15) is 4.79 Å². The summed E-state index contributed by atoms with van der Waals surface area (Å²) < 4.78 is 5.01. The monoisotopic (exact) mass is 259 g/mol. The number of anilines is 1. The first kappa shape index (κ1) is 12.1. The predicted molar refractivity (Wildman–Crippen MR) is 67.8 cm³/mol. The highest BCUT2D eigenvalue weighted by Gasteiger charge is 2.08. The normalized spacial score (nSPS) is 9.56. The van der Waals surface area contributed by atoms with Gasteiger partial charge in [0.25, 0.3) is 5.91 Å². The van der Waals surface area contributed by atoms with Crippen LogP contribution < -0.4 is 10.1 Å². The lowest BCUT2D eigenvalue weighted by atomic mass is 10.2. The summed E-state index contributed by atoms with van der Waals surface area (Å²) in [6.07, 6.45) is 1.42. The van der Waals surface area contributed by atoms with Crippen LogP contribution >= 0.6 is 11.3 Å². The summed E-state index contributed by atoms with van der Waals surface area (Å²) in [5.41, 5.74) is 0.504. The average Bonchev–Trinajstić information content (AvgIpc) is 2.86. The minimum atomic E-state index is -0.267. The Morgan fingerprint density at radius 2 is 2.17 bits per heavy atom. The van der Waals surface area contributed by atoms with Crippen molar-refractivity contribution < 1.29 is 9.53 Å². The number of benzene rings is 1. The lowest BCUT2D eigenvalue weighted by molar-refractivity contribution is 0.102. The zero-order chi connectivity index (χ0) is 13.0. The number of rotatable bonds is 3. The molecule has 1 aromatic carbocycles. The number of amides is 1. The molecule has 1 heterocycles. The van der Waals surface area contributed by atoms with Crippen molar-refractivity contribution in [1.29, 1.82) is 5.26 Å². The van der Waals surface area contributed by atoms with Crippen molar-refractivity contribution in [2.45, 2.75) is 0 Å². The summed E-state index contributed by atoms with van der Waals surface area (Å²) >= 11 is 1.13. The third-order valence-electron chi connectivity index (χ3n) is 2.19. The zero-order valence-electron chi connectivity index (χ0n) is 9.51. The number of carbonyl (C=O) groups excluding carboxylic acids is 1. The van der Waals surface area contributed by atoms with Gasteiger partial charge in [0.1, 0.15) is 16.7 Å². The van der Waals surface area contributed by atoms with Crippen LogP contribution in [0.3, 0.4) is 0 Å². The highest BCUT2D eigenvalue weighted by atomic mass is 32.1. The van der Waals surface area contributed by atoms with Crippen LogP contribution in [0.1, 0.15) is 15.2 Å². The molecule has 0 atom stereocenters. The summed E-state index contributed by atoms with van der Waals surface area (Å²) in [6, 6.07) is 8.69. The molecule has 0 fully saturated rings. The van der Waals surface area contributed by atoms with Crippen molar-refractivity contribution in [3.05, 3.63) is 40.9 Å². The molecule has 90 valence electrons. The Hall–Kier alpha value is -2.39. The van der Waals surface area contributed by atoms with Crippen molar-refractivity contribution in [1.82, 2.24) is 4.98 Å². The molecule has 2 rings (SSSR count). The van der Waals surface area contributed by atoms with Crippen LogP contribution in [0.2, 0.25) is 0 Å². The maximum absolute atomic E-state index is 11.8. The van der Waals surface area contributed by atoms with E-state index in [0.29, 0.717) is 21.3 Å². The summed E-state index contributed by atoms with van der Waals surface area (Å²) in [4.78, 5) is 16.2. The maximum Gasteiger partial charge on any atom is 0.257 e. The molecule has 0 aliphatic rings. The van der Waals surface area contributed by atoms with Crippen molar-refractivity contribution in [3.63, 3.8) is 0 Å². The summed E-state index contributed by atoms with van der Waals surface area (Å²) in [5, 5.41) is 11.7. The maximum atomic E-state index is 11.8. The van der Waals surface area contributed by atoms with Gasteiger partial charge >= 0.3 is 0 Å². The third kappa shape index (κ3) is 2.64. The van der Waals surface area contributed by atoms with Crippen LogP contribution in [-0.2, 0) is 0 Å². The van der Waals surface area contributed by atoms with Gasteiger partial charge in [-0.25, -0.2) is 4.98 Å². The molecule has 0 saturated carbocycles. The topological polar surface area (TPSA) is 75.0 Å². The second-order valence-corrected chi connectivity index (χ2v) is 4.35. The van der Waals surface area contributed by atoms with E-state index >= 15 is 0 Å². The van der Waals surface area contributed by atoms with Gasteiger partial charge < -0.3 is 4.74 Å². The SMILES string of the molecule is COc1ccc(C(=O)Nc2ncc(C#N)s2)cc1. The van der Waals surface area contributed by atoms with Crippen molar-refractivity contribution in [3.8, 4) is 11.8 Å². The molecule has 0 saturated heterocycles. The Kier molecular flexibility index (Phi) is 3.55. The van der Waals surface area contributed by atoms with Gasteiger partial charge in [0, 0.05) is 5.56 Å². The van der Waals surface area contributed by atoms with E-state index in [2.05, 4.69) is 10.3 Å². The van der Waals surface area contributed by atoms with Gasteiger partial charge in [0.2, 0.25) is 0 Å². The summed E-state index contributed by atoms with van der Waals surface area (Å²) in [7, 11) is 1.56. The number of hydrogen-bond acceptors (Lipinski definition) is 5. The van der Waals surface area contributed by atoms with Crippen molar-refractivity contribution >= 4 is 22.4 Å². The number of aromatic nitrogens is 1. The molecule has 2 aromatic rings. The van der Waals surface area contributed by atoms with Crippen LogP contribution in [0, 0.1) is 11.3 Å². The number of thiazole rings is 1. The van der Waals surface area contributed by atoms with E-state index in [-0.39, 0.29) is 5.91 Å². The van der Waals surface area contributed by atoms with Gasteiger partial charge in [-0.05, 0) is 24.3 Å². The largest absolute Gasteiger partial charge is 0.497 e. The minimum Gasteiger partial charge on any atom is -0.497 e.